The molecule has 5 nitrogen and oxygen atoms in total. The zero-order valence-electron chi connectivity index (χ0n) is 12.5. The summed E-state index contributed by atoms with van der Waals surface area (Å²) in [5.74, 6) is 0.638. The Balaban J connectivity index is 1.90. The summed E-state index contributed by atoms with van der Waals surface area (Å²) in [6.45, 7) is 4.78. The first-order chi connectivity index (χ1) is 9.47. The number of hydrogen-bond donors (Lipinski definition) is 2. The molecule has 2 aliphatic carbocycles. The van der Waals surface area contributed by atoms with Crippen LogP contribution in [0.2, 0.25) is 0 Å². The van der Waals surface area contributed by atoms with Crippen molar-refractivity contribution in [2.75, 3.05) is 13.1 Å². The molecule has 0 bridgehead atoms. The monoisotopic (exact) mass is 282 g/mol. The van der Waals surface area contributed by atoms with E-state index in [4.69, 9.17) is 5.11 Å². The minimum atomic E-state index is -0.939. The first-order valence-electron chi connectivity index (χ1n) is 7.74. The summed E-state index contributed by atoms with van der Waals surface area (Å²) in [7, 11) is 0. The van der Waals surface area contributed by atoms with E-state index in [1.165, 1.54) is 11.3 Å². The van der Waals surface area contributed by atoms with E-state index >= 15 is 0 Å². The molecule has 2 amide bonds. The van der Waals surface area contributed by atoms with Crippen LogP contribution in [0.25, 0.3) is 0 Å². The van der Waals surface area contributed by atoms with Gasteiger partial charge in [-0.3, -0.25) is 4.79 Å². The summed E-state index contributed by atoms with van der Waals surface area (Å²) in [4.78, 5) is 24.7. The summed E-state index contributed by atoms with van der Waals surface area (Å²) in [6.07, 6.45) is 5.58. The van der Waals surface area contributed by atoms with Crippen LogP contribution in [0.1, 0.15) is 46.0 Å². The molecular formula is C15H26N2O3. The van der Waals surface area contributed by atoms with Gasteiger partial charge in [-0.05, 0) is 37.0 Å². The van der Waals surface area contributed by atoms with Crippen molar-refractivity contribution in [3.63, 3.8) is 0 Å². The molecule has 2 saturated carbocycles. The number of amides is 2. The van der Waals surface area contributed by atoms with Crippen molar-refractivity contribution < 1.29 is 14.7 Å². The van der Waals surface area contributed by atoms with Crippen molar-refractivity contribution in [3.8, 4) is 0 Å². The Kier molecular flexibility index (Phi) is 4.89. The van der Waals surface area contributed by atoms with Gasteiger partial charge in [-0.1, -0.05) is 26.7 Å². The Hall–Kier alpha value is -1.26. The highest BCUT2D eigenvalue weighted by Gasteiger charge is 2.32. The minimum absolute atomic E-state index is 0.182. The van der Waals surface area contributed by atoms with E-state index in [1.807, 2.05) is 0 Å². The summed E-state index contributed by atoms with van der Waals surface area (Å²) in [6, 6.07) is -0.0213. The molecule has 114 valence electrons. The van der Waals surface area contributed by atoms with Gasteiger partial charge in [0.2, 0.25) is 0 Å². The Morgan fingerprint density at radius 3 is 2.50 bits per heavy atom. The Labute approximate surface area is 120 Å². The molecule has 20 heavy (non-hydrogen) atoms. The Morgan fingerprint density at radius 2 is 1.90 bits per heavy atom. The standard InChI is InChI=1S/C15H26N2O3/c1-10-4-3-5-13(11(10)2)16-15(20)17(9-14(18)19)8-12-6-7-12/h10-13H,3-9H2,1-2H3,(H,16,20)(H,18,19). The molecule has 0 aliphatic heterocycles. The Morgan fingerprint density at radius 1 is 1.20 bits per heavy atom. The van der Waals surface area contributed by atoms with Gasteiger partial charge in [-0.25, -0.2) is 4.79 Å². The molecule has 3 atom stereocenters. The van der Waals surface area contributed by atoms with Crippen LogP contribution in [-0.2, 0) is 4.79 Å². The largest absolute Gasteiger partial charge is 0.480 e. The molecule has 0 radical (unpaired) electrons. The van der Waals surface area contributed by atoms with Crippen molar-refractivity contribution in [2.45, 2.75) is 52.0 Å². The van der Waals surface area contributed by atoms with E-state index in [1.54, 1.807) is 0 Å². The molecular weight excluding hydrogens is 256 g/mol. The van der Waals surface area contributed by atoms with Crippen LogP contribution in [0.4, 0.5) is 4.79 Å². The number of nitrogens with zero attached hydrogens (tertiary/aromatic N) is 1. The molecule has 0 heterocycles. The molecule has 2 N–H and O–H groups in total. The van der Waals surface area contributed by atoms with Gasteiger partial charge in [0, 0.05) is 12.6 Å². The minimum Gasteiger partial charge on any atom is -0.480 e. The zero-order chi connectivity index (χ0) is 14.7. The number of rotatable bonds is 5. The molecule has 2 aliphatic rings. The maximum atomic E-state index is 12.3. The molecule has 0 aromatic rings. The van der Waals surface area contributed by atoms with Gasteiger partial charge in [0.05, 0.1) is 0 Å². The van der Waals surface area contributed by atoms with Gasteiger partial charge in [-0.2, -0.15) is 0 Å². The van der Waals surface area contributed by atoms with Gasteiger partial charge in [0.1, 0.15) is 6.54 Å². The first kappa shape index (κ1) is 15.1. The lowest BCUT2D eigenvalue weighted by Crippen LogP contribution is -2.51. The SMILES string of the molecule is CC1CCCC(NC(=O)N(CC(=O)O)CC2CC2)C1C. The van der Waals surface area contributed by atoms with Crippen molar-refractivity contribution >= 4 is 12.0 Å². The average Bonchev–Trinajstić information content (AvgIpc) is 3.17. The molecule has 2 fully saturated rings. The van der Waals surface area contributed by atoms with E-state index in [2.05, 4.69) is 19.2 Å². The highest BCUT2D eigenvalue weighted by Crippen LogP contribution is 2.31. The number of carbonyl (C=O) groups is 2. The molecule has 5 heteroatoms. The zero-order valence-corrected chi connectivity index (χ0v) is 12.5. The van der Waals surface area contributed by atoms with Gasteiger partial charge < -0.3 is 15.3 Å². The van der Waals surface area contributed by atoms with Gasteiger partial charge in [0.15, 0.2) is 0 Å². The Bertz CT molecular complexity index is 368. The maximum Gasteiger partial charge on any atom is 0.323 e. The van der Waals surface area contributed by atoms with Crippen LogP contribution in [0.15, 0.2) is 0 Å². The third-order valence-electron chi connectivity index (χ3n) is 4.80. The molecule has 0 aromatic carbocycles. The fourth-order valence-corrected chi connectivity index (χ4v) is 3.03. The van der Waals surface area contributed by atoms with E-state index < -0.39 is 5.97 Å². The van der Waals surface area contributed by atoms with Crippen molar-refractivity contribution in [2.24, 2.45) is 17.8 Å². The first-order valence-corrected chi connectivity index (χ1v) is 7.74. The lowest BCUT2D eigenvalue weighted by Gasteiger charge is -2.36. The third-order valence-corrected chi connectivity index (χ3v) is 4.80. The molecule has 0 aromatic heterocycles. The number of carbonyl (C=O) groups excluding carboxylic acids is 1. The number of urea groups is 1. The number of nitrogens with one attached hydrogen (secondary N) is 1. The van der Waals surface area contributed by atoms with E-state index in [0.29, 0.717) is 24.3 Å². The molecule has 3 unspecified atom stereocenters. The van der Waals surface area contributed by atoms with Crippen LogP contribution >= 0.6 is 0 Å². The van der Waals surface area contributed by atoms with E-state index in [-0.39, 0.29) is 18.6 Å². The second-order valence-electron chi connectivity index (χ2n) is 6.54. The number of hydrogen-bond acceptors (Lipinski definition) is 2. The summed E-state index contributed by atoms with van der Waals surface area (Å²) < 4.78 is 0. The smallest absolute Gasteiger partial charge is 0.323 e. The quantitative estimate of drug-likeness (QED) is 0.813. The van der Waals surface area contributed by atoms with Crippen LogP contribution in [0.5, 0.6) is 0 Å². The normalized spacial score (nSPS) is 29.8. The van der Waals surface area contributed by atoms with Crippen molar-refractivity contribution in [3.05, 3.63) is 0 Å². The highest BCUT2D eigenvalue weighted by atomic mass is 16.4. The van der Waals surface area contributed by atoms with Crippen LogP contribution in [-0.4, -0.2) is 41.1 Å². The lowest BCUT2D eigenvalue weighted by atomic mass is 9.78. The predicted octanol–water partition coefficient (Wildman–Crippen LogP) is 2.32. The van der Waals surface area contributed by atoms with E-state index in [9.17, 15) is 9.59 Å². The predicted molar refractivity (Wildman–Crippen MR) is 76.4 cm³/mol. The summed E-state index contributed by atoms with van der Waals surface area (Å²) >= 11 is 0. The number of aliphatic carboxylic acids is 1. The number of carboxylic acid groups (broad SMARTS) is 1. The fraction of sp³-hybridized carbons (Fsp3) is 0.867. The second kappa shape index (κ2) is 6.46. The maximum absolute atomic E-state index is 12.3. The van der Waals surface area contributed by atoms with Crippen molar-refractivity contribution in [1.82, 2.24) is 10.2 Å². The van der Waals surface area contributed by atoms with Gasteiger partial charge >= 0.3 is 12.0 Å². The molecule has 2 rings (SSSR count). The van der Waals surface area contributed by atoms with E-state index in [0.717, 1.165) is 25.7 Å². The van der Waals surface area contributed by atoms with Gasteiger partial charge in [0.25, 0.3) is 0 Å². The van der Waals surface area contributed by atoms with Gasteiger partial charge in [-0.15, -0.1) is 0 Å². The van der Waals surface area contributed by atoms with Crippen LogP contribution in [0.3, 0.4) is 0 Å². The van der Waals surface area contributed by atoms with Crippen molar-refractivity contribution in [1.29, 1.82) is 0 Å². The van der Waals surface area contributed by atoms with Crippen LogP contribution < -0.4 is 5.32 Å². The summed E-state index contributed by atoms with van der Waals surface area (Å²) in [5.41, 5.74) is 0. The molecule has 0 spiro atoms. The topological polar surface area (TPSA) is 69.6 Å². The summed E-state index contributed by atoms with van der Waals surface area (Å²) in [5, 5.41) is 12.0. The third kappa shape index (κ3) is 4.12. The van der Waals surface area contributed by atoms with Crippen LogP contribution in [0, 0.1) is 17.8 Å². The highest BCUT2D eigenvalue weighted by molar-refractivity contribution is 5.80. The average molecular weight is 282 g/mol. The lowest BCUT2D eigenvalue weighted by molar-refractivity contribution is -0.137. The number of carboxylic acids is 1. The molecule has 0 saturated heterocycles. The fourth-order valence-electron chi connectivity index (χ4n) is 3.03. The second-order valence-corrected chi connectivity index (χ2v) is 6.54.